The summed E-state index contributed by atoms with van der Waals surface area (Å²) in [4.78, 5) is 5.99. The molecular weight excluding hydrogens is 372 g/mol. The number of halogens is 1. The van der Waals surface area contributed by atoms with Gasteiger partial charge in [-0.25, -0.2) is 4.99 Å². The van der Waals surface area contributed by atoms with Gasteiger partial charge in [-0.1, -0.05) is 23.4 Å². The van der Waals surface area contributed by atoms with Crippen LogP contribution in [0.5, 0.6) is 5.75 Å². The first-order valence-corrected chi connectivity index (χ1v) is 9.15. The summed E-state index contributed by atoms with van der Waals surface area (Å²) in [6, 6.07) is 9.10. The Kier molecular flexibility index (Phi) is 5.30. The van der Waals surface area contributed by atoms with E-state index in [9.17, 15) is 0 Å². The van der Waals surface area contributed by atoms with Crippen molar-refractivity contribution in [3.63, 3.8) is 0 Å². The second-order valence-corrected chi connectivity index (χ2v) is 6.50. The van der Waals surface area contributed by atoms with E-state index in [0.717, 1.165) is 22.5 Å². The van der Waals surface area contributed by atoms with Gasteiger partial charge in [-0.05, 0) is 49.1 Å². The van der Waals surface area contributed by atoms with Crippen LogP contribution in [0.2, 0.25) is 5.02 Å². The van der Waals surface area contributed by atoms with Crippen molar-refractivity contribution in [3.8, 4) is 17.6 Å². The van der Waals surface area contributed by atoms with Crippen LogP contribution >= 0.6 is 23.4 Å². The zero-order chi connectivity index (χ0) is 18.7. The van der Waals surface area contributed by atoms with E-state index >= 15 is 0 Å². The van der Waals surface area contributed by atoms with Gasteiger partial charge in [0.05, 0.1) is 23.5 Å². The Bertz CT molecular complexity index is 1040. The lowest BCUT2D eigenvalue weighted by Crippen LogP contribution is -2.12. The van der Waals surface area contributed by atoms with Gasteiger partial charge in [-0.15, -0.1) is 10.2 Å². The average Bonchev–Trinajstić information content (AvgIpc) is 3.04. The van der Waals surface area contributed by atoms with Crippen molar-refractivity contribution < 1.29 is 4.74 Å². The second-order valence-electron chi connectivity index (χ2n) is 5.29. The van der Waals surface area contributed by atoms with E-state index in [1.54, 1.807) is 19.2 Å². The SMILES string of the molecule is COc1ccc(-n2nc3cc(C)c(N=C(NC#N)SC)cc3n2)cc1Cl. The predicted octanol–water partition coefficient (Wildman–Crippen LogP) is 3.81. The maximum atomic E-state index is 8.78. The van der Waals surface area contributed by atoms with Gasteiger partial charge in [0.25, 0.3) is 0 Å². The van der Waals surface area contributed by atoms with Crippen molar-refractivity contribution >= 4 is 45.3 Å². The third-order valence-electron chi connectivity index (χ3n) is 3.64. The molecule has 1 aromatic heterocycles. The predicted molar refractivity (Wildman–Crippen MR) is 105 cm³/mol. The van der Waals surface area contributed by atoms with Crippen molar-refractivity contribution in [2.45, 2.75) is 6.92 Å². The molecule has 0 radical (unpaired) electrons. The molecular formula is C17H15ClN6OS. The highest BCUT2D eigenvalue weighted by Crippen LogP contribution is 2.28. The summed E-state index contributed by atoms with van der Waals surface area (Å²) in [6.45, 7) is 1.94. The number of amidine groups is 1. The molecule has 2 aromatic carbocycles. The van der Waals surface area contributed by atoms with Crippen LogP contribution in [-0.4, -0.2) is 33.5 Å². The fourth-order valence-electron chi connectivity index (χ4n) is 2.35. The Morgan fingerprint density at radius 1 is 1.31 bits per heavy atom. The van der Waals surface area contributed by atoms with Crippen LogP contribution < -0.4 is 10.1 Å². The maximum absolute atomic E-state index is 8.78. The maximum Gasteiger partial charge on any atom is 0.183 e. The topological polar surface area (TPSA) is 88.1 Å². The first-order valence-electron chi connectivity index (χ1n) is 7.55. The third kappa shape index (κ3) is 3.59. The fourth-order valence-corrected chi connectivity index (χ4v) is 2.94. The summed E-state index contributed by atoms with van der Waals surface area (Å²) in [5, 5.41) is 21.3. The molecule has 0 atom stereocenters. The molecule has 0 aliphatic carbocycles. The number of rotatable bonds is 3. The van der Waals surface area contributed by atoms with Crippen LogP contribution in [0.15, 0.2) is 35.3 Å². The zero-order valence-corrected chi connectivity index (χ0v) is 15.9. The number of nitriles is 1. The summed E-state index contributed by atoms with van der Waals surface area (Å²) < 4.78 is 5.17. The molecule has 0 bridgehead atoms. The lowest BCUT2D eigenvalue weighted by atomic mass is 10.2. The molecule has 0 aliphatic rings. The van der Waals surface area contributed by atoms with E-state index in [2.05, 4.69) is 20.5 Å². The van der Waals surface area contributed by atoms with Gasteiger partial charge in [0.2, 0.25) is 0 Å². The number of benzene rings is 2. The van der Waals surface area contributed by atoms with Crippen LogP contribution in [0.4, 0.5) is 5.69 Å². The summed E-state index contributed by atoms with van der Waals surface area (Å²) in [6.07, 6.45) is 3.73. The lowest BCUT2D eigenvalue weighted by molar-refractivity contribution is 0.415. The zero-order valence-electron chi connectivity index (χ0n) is 14.3. The number of hydrogen-bond donors (Lipinski definition) is 1. The quantitative estimate of drug-likeness (QED) is 0.318. The average molecular weight is 387 g/mol. The van der Waals surface area contributed by atoms with Gasteiger partial charge < -0.3 is 4.74 Å². The van der Waals surface area contributed by atoms with Gasteiger partial charge in [0, 0.05) is 0 Å². The van der Waals surface area contributed by atoms with E-state index in [4.69, 9.17) is 21.6 Å². The Labute approximate surface area is 159 Å². The van der Waals surface area contributed by atoms with Crippen molar-refractivity contribution in [2.75, 3.05) is 13.4 Å². The van der Waals surface area contributed by atoms with Crippen molar-refractivity contribution in [3.05, 3.63) is 40.9 Å². The number of thioether (sulfide) groups is 1. The number of nitrogens with one attached hydrogen (secondary N) is 1. The molecule has 0 aliphatic heterocycles. The molecule has 0 amide bonds. The largest absolute Gasteiger partial charge is 0.495 e. The fraction of sp³-hybridized carbons (Fsp3) is 0.176. The minimum Gasteiger partial charge on any atom is -0.495 e. The number of aliphatic imine (C=N–C) groups is 1. The Hall–Kier alpha value is -2.76. The molecule has 7 nitrogen and oxygen atoms in total. The molecule has 0 unspecified atom stereocenters. The van der Waals surface area contributed by atoms with E-state index in [-0.39, 0.29) is 0 Å². The summed E-state index contributed by atoms with van der Waals surface area (Å²) >= 11 is 7.54. The molecule has 1 N–H and O–H groups in total. The Balaban J connectivity index is 2.04. The number of nitrogens with zero attached hydrogens (tertiary/aromatic N) is 5. The molecule has 3 aromatic rings. The van der Waals surface area contributed by atoms with E-state index < -0.39 is 0 Å². The van der Waals surface area contributed by atoms with E-state index in [1.807, 2.05) is 37.6 Å². The monoisotopic (exact) mass is 386 g/mol. The first-order chi connectivity index (χ1) is 12.5. The molecule has 132 valence electrons. The third-order valence-corrected chi connectivity index (χ3v) is 4.52. The Morgan fingerprint density at radius 3 is 2.65 bits per heavy atom. The molecule has 0 fully saturated rings. The van der Waals surface area contributed by atoms with Gasteiger partial charge in [0.15, 0.2) is 11.4 Å². The molecule has 1 heterocycles. The van der Waals surface area contributed by atoms with Crippen molar-refractivity contribution in [2.24, 2.45) is 4.99 Å². The smallest absolute Gasteiger partial charge is 0.183 e. The van der Waals surface area contributed by atoms with Gasteiger partial charge >= 0.3 is 0 Å². The van der Waals surface area contributed by atoms with Crippen LogP contribution in [-0.2, 0) is 0 Å². The first kappa shape index (κ1) is 18.0. The van der Waals surface area contributed by atoms with Gasteiger partial charge in [0.1, 0.15) is 16.8 Å². The van der Waals surface area contributed by atoms with E-state index in [0.29, 0.717) is 21.5 Å². The highest BCUT2D eigenvalue weighted by molar-refractivity contribution is 8.13. The molecule has 0 spiro atoms. The standard InChI is InChI=1S/C17H15ClN6OS/c1-10-6-14-15(8-13(10)21-17(26-3)20-9-19)23-24(22-14)11-4-5-16(25-2)12(18)7-11/h4-8H,1-3H3,(H,20,21). The number of ether oxygens (including phenoxy) is 1. The number of hydrogen-bond acceptors (Lipinski definition) is 6. The summed E-state index contributed by atoms with van der Waals surface area (Å²) in [7, 11) is 1.57. The molecule has 9 heteroatoms. The van der Waals surface area contributed by atoms with E-state index in [1.165, 1.54) is 16.6 Å². The second kappa shape index (κ2) is 7.64. The number of methoxy groups -OCH3 is 1. The summed E-state index contributed by atoms with van der Waals surface area (Å²) in [5.41, 5.74) is 3.82. The van der Waals surface area contributed by atoms with Gasteiger partial charge in [-0.3, -0.25) is 5.32 Å². The van der Waals surface area contributed by atoms with Crippen LogP contribution in [0.25, 0.3) is 16.7 Å². The number of aromatic nitrogens is 3. The molecule has 0 saturated heterocycles. The van der Waals surface area contributed by atoms with Crippen LogP contribution in [0.3, 0.4) is 0 Å². The number of aryl methyl sites for hydroxylation is 1. The van der Waals surface area contributed by atoms with Crippen molar-refractivity contribution in [1.29, 1.82) is 5.26 Å². The minimum atomic E-state index is 0.486. The molecule has 26 heavy (non-hydrogen) atoms. The molecule has 0 saturated carbocycles. The summed E-state index contributed by atoms with van der Waals surface area (Å²) in [5.74, 6) is 0.592. The number of fused-ring (bicyclic) bond motifs is 1. The van der Waals surface area contributed by atoms with Crippen LogP contribution in [0, 0.1) is 18.4 Å². The molecule has 3 rings (SSSR count). The van der Waals surface area contributed by atoms with Gasteiger partial charge in [-0.2, -0.15) is 10.1 Å². The normalized spacial score (nSPS) is 11.4. The highest BCUT2D eigenvalue weighted by Gasteiger charge is 2.10. The minimum absolute atomic E-state index is 0.486. The lowest BCUT2D eigenvalue weighted by Gasteiger charge is -2.04. The highest BCUT2D eigenvalue weighted by atomic mass is 35.5. The van der Waals surface area contributed by atoms with Crippen LogP contribution in [0.1, 0.15) is 5.56 Å². The van der Waals surface area contributed by atoms with Crippen molar-refractivity contribution in [1.82, 2.24) is 20.3 Å². The Morgan fingerprint density at radius 2 is 2.04 bits per heavy atom.